The first-order chi connectivity index (χ1) is 13.1. The lowest BCUT2D eigenvalue weighted by Crippen LogP contribution is -2.42. The molecule has 0 saturated carbocycles. The van der Waals surface area contributed by atoms with E-state index in [1.165, 1.54) is 12.1 Å². The van der Waals surface area contributed by atoms with Crippen molar-refractivity contribution in [2.45, 2.75) is 45.1 Å². The highest BCUT2D eigenvalue weighted by Crippen LogP contribution is 2.33. The maximum Gasteiger partial charge on any atom is 0.293 e. The lowest BCUT2D eigenvalue weighted by molar-refractivity contribution is 0.0581. The van der Waals surface area contributed by atoms with Crippen LogP contribution in [0.3, 0.4) is 0 Å². The largest absolute Gasteiger partial charge is 0.754 e. The van der Waals surface area contributed by atoms with E-state index in [4.69, 9.17) is 4.74 Å². The first kappa shape index (κ1) is 20.4. The first-order valence-electron chi connectivity index (χ1n) is 8.92. The van der Waals surface area contributed by atoms with Gasteiger partial charge in [0.25, 0.3) is 5.91 Å². The molecule has 10 heteroatoms. The Bertz CT molecular complexity index is 888. The molecule has 1 aliphatic heterocycles. The molecule has 28 heavy (non-hydrogen) atoms. The summed E-state index contributed by atoms with van der Waals surface area (Å²) >= 11 is -2.59. The fourth-order valence-electron chi connectivity index (χ4n) is 3.11. The van der Waals surface area contributed by atoms with Crippen LogP contribution in [0, 0.1) is 5.82 Å². The van der Waals surface area contributed by atoms with Crippen LogP contribution in [0.15, 0.2) is 24.5 Å². The van der Waals surface area contributed by atoms with Gasteiger partial charge in [-0.15, -0.1) is 5.10 Å². The Balaban J connectivity index is 1.63. The summed E-state index contributed by atoms with van der Waals surface area (Å²) in [5, 5.41) is 3.65. The van der Waals surface area contributed by atoms with Crippen molar-refractivity contribution in [1.29, 1.82) is 0 Å². The number of hydrogen-bond acceptors (Lipinski definition) is 6. The average molecular weight is 409 g/mol. The average Bonchev–Trinajstić information content (AvgIpc) is 3.13. The van der Waals surface area contributed by atoms with E-state index < -0.39 is 17.2 Å². The minimum absolute atomic E-state index is 0.102. The first-order valence-corrected chi connectivity index (χ1v) is 9.95. The lowest BCUT2D eigenvalue weighted by atomic mass is 9.86. The van der Waals surface area contributed by atoms with Crippen LogP contribution < -0.4 is 4.74 Å². The molecule has 1 aromatic heterocycles. The Morgan fingerprint density at radius 3 is 2.57 bits per heavy atom. The zero-order valence-corrected chi connectivity index (χ0v) is 16.7. The highest BCUT2D eigenvalue weighted by atomic mass is 32.2. The third-order valence-corrected chi connectivity index (χ3v) is 5.07. The third kappa shape index (κ3) is 4.56. The molecule has 1 aromatic carbocycles. The standard InChI is InChI=1S/C18H23FN4O4S/c1-18(2,3)14-10-12(19)4-5-15(14)27-13-6-8-22(9-7-13)17(24)16-20-11-23(21-16)28(25)26/h4-5,10-11,13H,6-9H2,1-3H3,(H,25,26)/p-1. The monoisotopic (exact) mass is 409 g/mol. The number of rotatable bonds is 4. The van der Waals surface area contributed by atoms with E-state index in [2.05, 4.69) is 10.1 Å². The van der Waals surface area contributed by atoms with Crippen LogP contribution in [0.2, 0.25) is 0 Å². The predicted molar refractivity (Wildman–Crippen MR) is 99.0 cm³/mol. The number of benzene rings is 1. The minimum Gasteiger partial charge on any atom is -0.754 e. The van der Waals surface area contributed by atoms with Gasteiger partial charge in [-0.25, -0.2) is 9.37 Å². The molecule has 1 atom stereocenters. The number of hydrogen-bond donors (Lipinski definition) is 0. The molecule has 1 aliphatic rings. The fraction of sp³-hybridized carbons (Fsp3) is 0.500. The summed E-state index contributed by atoms with van der Waals surface area (Å²) in [6.45, 7) is 6.86. The van der Waals surface area contributed by atoms with Gasteiger partial charge in [-0.3, -0.25) is 9.00 Å². The van der Waals surface area contributed by atoms with E-state index in [1.807, 2.05) is 20.8 Å². The summed E-state index contributed by atoms with van der Waals surface area (Å²) in [6.07, 6.45) is 2.08. The number of likely N-dealkylation sites (tertiary alicyclic amines) is 1. The van der Waals surface area contributed by atoms with Gasteiger partial charge in [0, 0.05) is 31.5 Å². The molecule has 2 heterocycles. The molecular formula is C18H22FN4O4S-. The number of halogens is 1. The fourth-order valence-corrected chi connectivity index (χ4v) is 3.38. The van der Waals surface area contributed by atoms with Crippen LogP contribution in [-0.2, 0) is 16.7 Å². The van der Waals surface area contributed by atoms with Crippen molar-refractivity contribution >= 4 is 17.2 Å². The summed E-state index contributed by atoms with van der Waals surface area (Å²) in [5.74, 6) is -0.224. The smallest absolute Gasteiger partial charge is 0.293 e. The molecule has 0 spiro atoms. The van der Waals surface area contributed by atoms with E-state index in [0.717, 1.165) is 11.9 Å². The molecule has 2 aromatic rings. The molecular weight excluding hydrogens is 387 g/mol. The van der Waals surface area contributed by atoms with Gasteiger partial charge >= 0.3 is 0 Å². The van der Waals surface area contributed by atoms with Gasteiger partial charge in [0.15, 0.2) is 0 Å². The molecule has 0 radical (unpaired) electrons. The number of nitrogens with zero attached hydrogens (tertiary/aromatic N) is 4. The highest BCUT2D eigenvalue weighted by Gasteiger charge is 2.28. The van der Waals surface area contributed by atoms with E-state index >= 15 is 0 Å². The highest BCUT2D eigenvalue weighted by molar-refractivity contribution is 7.77. The number of piperidine rings is 1. The molecule has 1 unspecified atom stereocenters. The van der Waals surface area contributed by atoms with Gasteiger partial charge in [0.05, 0.1) is 11.3 Å². The Morgan fingerprint density at radius 2 is 2.00 bits per heavy atom. The molecule has 0 bridgehead atoms. The summed E-state index contributed by atoms with van der Waals surface area (Å²) in [7, 11) is 0. The van der Waals surface area contributed by atoms with Crippen molar-refractivity contribution in [3.05, 3.63) is 41.7 Å². The molecule has 3 rings (SSSR count). The third-order valence-electron chi connectivity index (χ3n) is 4.59. The van der Waals surface area contributed by atoms with Crippen molar-refractivity contribution in [3.63, 3.8) is 0 Å². The van der Waals surface area contributed by atoms with Crippen LogP contribution in [0.25, 0.3) is 0 Å². The minimum atomic E-state index is -2.59. The zero-order chi connectivity index (χ0) is 20.5. The Morgan fingerprint density at radius 1 is 1.32 bits per heavy atom. The number of carbonyl (C=O) groups excluding carboxylic acids is 1. The maximum atomic E-state index is 13.7. The Labute approximate surface area is 165 Å². The summed E-state index contributed by atoms with van der Waals surface area (Å²) in [4.78, 5) is 17.7. The number of carbonyl (C=O) groups is 1. The zero-order valence-electron chi connectivity index (χ0n) is 15.9. The van der Waals surface area contributed by atoms with Crippen molar-refractivity contribution in [1.82, 2.24) is 19.1 Å². The normalized spacial score (nSPS) is 16.8. The van der Waals surface area contributed by atoms with Crippen molar-refractivity contribution in [2.75, 3.05) is 13.1 Å². The van der Waals surface area contributed by atoms with Gasteiger partial charge in [-0.05, 0) is 23.6 Å². The molecule has 8 nitrogen and oxygen atoms in total. The second-order valence-corrected chi connectivity index (χ2v) is 8.50. The second kappa shape index (κ2) is 7.96. The molecule has 1 fully saturated rings. The Kier molecular flexibility index (Phi) is 5.80. The SMILES string of the molecule is CC(C)(C)c1cc(F)ccc1OC1CCN(C(=O)c2ncn(S(=O)[O-])n2)CC1. The molecule has 152 valence electrons. The predicted octanol–water partition coefficient (Wildman–Crippen LogP) is 2.04. The Hall–Kier alpha value is -2.33. The lowest BCUT2D eigenvalue weighted by Gasteiger charge is -2.33. The molecule has 0 N–H and O–H groups in total. The molecule has 0 aliphatic carbocycles. The number of ether oxygens (including phenoxy) is 1. The van der Waals surface area contributed by atoms with Gasteiger partial charge < -0.3 is 14.2 Å². The summed E-state index contributed by atoms with van der Waals surface area (Å²) < 4.78 is 42.1. The maximum absolute atomic E-state index is 13.7. The van der Waals surface area contributed by atoms with Gasteiger partial charge in [0.2, 0.25) is 5.82 Å². The van der Waals surface area contributed by atoms with Gasteiger partial charge in [-0.2, -0.15) is 4.09 Å². The van der Waals surface area contributed by atoms with E-state index in [9.17, 15) is 17.9 Å². The molecule has 1 amide bonds. The quantitative estimate of drug-likeness (QED) is 0.717. The van der Waals surface area contributed by atoms with E-state index in [-0.39, 0.29) is 23.2 Å². The van der Waals surface area contributed by atoms with Crippen molar-refractivity contribution in [3.8, 4) is 5.75 Å². The second-order valence-electron chi connectivity index (χ2n) is 7.69. The summed E-state index contributed by atoms with van der Waals surface area (Å²) in [5.41, 5.74) is 0.534. The van der Waals surface area contributed by atoms with Crippen LogP contribution in [0.1, 0.15) is 49.8 Å². The van der Waals surface area contributed by atoms with E-state index in [0.29, 0.717) is 35.8 Å². The molecule has 1 saturated heterocycles. The number of amides is 1. The van der Waals surface area contributed by atoms with Crippen molar-refractivity contribution in [2.24, 2.45) is 0 Å². The van der Waals surface area contributed by atoms with Crippen LogP contribution in [-0.4, -0.2) is 52.9 Å². The van der Waals surface area contributed by atoms with E-state index in [1.54, 1.807) is 11.0 Å². The van der Waals surface area contributed by atoms with Crippen LogP contribution in [0.5, 0.6) is 5.75 Å². The van der Waals surface area contributed by atoms with Crippen LogP contribution in [0.4, 0.5) is 4.39 Å². The number of aromatic nitrogens is 3. The topological polar surface area (TPSA) is 100 Å². The van der Waals surface area contributed by atoms with Crippen LogP contribution >= 0.6 is 0 Å². The van der Waals surface area contributed by atoms with Gasteiger partial charge in [-0.1, -0.05) is 20.8 Å². The van der Waals surface area contributed by atoms with Crippen molar-refractivity contribution < 1.29 is 22.7 Å². The van der Waals surface area contributed by atoms with Gasteiger partial charge in [0.1, 0.15) is 24.0 Å². The summed E-state index contributed by atoms with van der Waals surface area (Å²) in [6, 6.07) is 4.52.